The molecule has 1 aliphatic rings. The van der Waals surface area contributed by atoms with E-state index < -0.39 is 0 Å². The Bertz CT molecular complexity index is 293. The minimum Gasteiger partial charge on any atom is -0.293 e. The summed E-state index contributed by atoms with van der Waals surface area (Å²) in [6.45, 7) is 4.74. The van der Waals surface area contributed by atoms with E-state index in [0.29, 0.717) is 0 Å². The van der Waals surface area contributed by atoms with Crippen LogP contribution in [0, 0.1) is 0 Å². The first-order chi connectivity index (χ1) is 5.76. The lowest BCUT2D eigenvalue weighted by Crippen LogP contribution is -2.42. The van der Waals surface area contributed by atoms with Crippen molar-refractivity contribution in [1.82, 2.24) is 4.48 Å². The minimum atomic E-state index is 1.12. The van der Waals surface area contributed by atoms with Crippen LogP contribution in [0.2, 0.25) is 0 Å². The van der Waals surface area contributed by atoms with E-state index in [2.05, 4.69) is 38.2 Å². The number of nitrogens with zero attached hydrogens (tertiary/aromatic N) is 1. The number of para-hydroxylation sites is 1. The van der Waals surface area contributed by atoms with Gasteiger partial charge in [0.15, 0.2) is 0 Å². The van der Waals surface area contributed by atoms with Crippen LogP contribution in [0.25, 0.3) is 0 Å². The molecule has 0 N–H and O–H groups in total. The van der Waals surface area contributed by atoms with Crippen molar-refractivity contribution in [2.45, 2.75) is 13.3 Å². The molecule has 0 bridgehead atoms. The molecule has 0 aromatic heterocycles. The van der Waals surface area contributed by atoms with Gasteiger partial charge in [0.05, 0.1) is 20.1 Å². The van der Waals surface area contributed by atoms with Crippen LogP contribution in [-0.4, -0.2) is 20.1 Å². The van der Waals surface area contributed by atoms with E-state index in [4.69, 9.17) is 0 Å². The number of hydrogen-bond acceptors (Lipinski definition) is 0. The quantitative estimate of drug-likeness (QED) is 0.555. The number of rotatable bonds is 1. The lowest BCUT2D eigenvalue weighted by Gasteiger charge is -2.27. The van der Waals surface area contributed by atoms with Gasteiger partial charge in [-0.25, -0.2) is 0 Å². The molecule has 1 atom stereocenters. The van der Waals surface area contributed by atoms with Crippen molar-refractivity contribution >= 4 is 5.69 Å². The van der Waals surface area contributed by atoms with Crippen LogP contribution in [0.1, 0.15) is 12.5 Å². The van der Waals surface area contributed by atoms with Crippen LogP contribution in [0.15, 0.2) is 24.3 Å². The van der Waals surface area contributed by atoms with E-state index >= 15 is 0 Å². The number of benzene rings is 1. The van der Waals surface area contributed by atoms with Crippen LogP contribution < -0.4 is 4.48 Å². The van der Waals surface area contributed by atoms with Crippen LogP contribution >= 0.6 is 0 Å². The second-order valence-electron chi connectivity index (χ2n) is 3.81. The van der Waals surface area contributed by atoms with E-state index in [-0.39, 0.29) is 0 Å². The first kappa shape index (κ1) is 7.81. The summed E-state index contributed by atoms with van der Waals surface area (Å²) in [7, 11) is 2.33. The average Bonchev–Trinajstić information content (AvgIpc) is 2.46. The Hall–Kier alpha value is -0.820. The van der Waals surface area contributed by atoms with Gasteiger partial charge in [-0.15, -0.1) is 0 Å². The number of fused-ring (bicyclic) bond motifs is 1. The third-order valence-corrected chi connectivity index (χ3v) is 3.15. The number of quaternary nitrogens is 1. The first-order valence-corrected chi connectivity index (χ1v) is 4.69. The van der Waals surface area contributed by atoms with Crippen molar-refractivity contribution in [3.8, 4) is 0 Å². The van der Waals surface area contributed by atoms with Crippen molar-refractivity contribution in [1.29, 1.82) is 0 Å². The summed E-state index contributed by atoms with van der Waals surface area (Å²) in [5.41, 5.74) is 3.07. The summed E-state index contributed by atoms with van der Waals surface area (Å²) in [5, 5.41) is 0. The molecule has 0 radical (unpaired) electrons. The zero-order chi connectivity index (χ0) is 8.60. The van der Waals surface area contributed by atoms with Gasteiger partial charge in [0, 0.05) is 12.0 Å². The van der Waals surface area contributed by atoms with Crippen LogP contribution in [0.5, 0.6) is 0 Å². The van der Waals surface area contributed by atoms with Gasteiger partial charge in [0.1, 0.15) is 5.69 Å². The molecule has 0 spiro atoms. The molecule has 2 rings (SSSR count). The molecule has 0 saturated heterocycles. The molecule has 64 valence electrons. The summed E-state index contributed by atoms with van der Waals surface area (Å²) in [4.78, 5) is 0. The smallest absolute Gasteiger partial charge is 0.136 e. The van der Waals surface area contributed by atoms with Crippen molar-refractivity contribution in [2.24, 2.45) is 0 Å². The highest BCUT2D eigenvalue weighted by Gasteiger charge is 2.31. The van der Waals surface area contributed by atoms with Crippen molar-refractivity contribution in [3.05, 3.63) is 29.8 Å². The van der Waals surface area contributed by atoms with Gasteiger partial charge in [-0.1, -0.05) is 18.2 Å². The van der Waals surface area contributed by atoms with Gasteiger partial charge in [-0.05, 0) is 13.0 Å². The van der Waals surface area contributed by atoms with Crippen molar-refractivity contribution in [2.75, 3.05) is 20.1 Å². The van der Waals surface area contributed by atoms with Gasteiger partial charge in [0.2, 0.25) is 0 Å². The van der Waals surface area contributed by atoms with E-state index in [1.54, 1.807) is 5.56 Å². The Morgan fingerprint density at radius 1 is 1.33 bits per heavy atom. The van der Waals surface area contributed by atoms with Crippen LogP contribution in [0.3, 0.4) is 0 Å². The number of hydrogen-bond donors (Lipinski definition) is 0. The molecular formula is C11H16N+. The standard InChI is InChI=1S/C11H16N/c1-3-12(2)9-8-10-6-4-5-7-11(10)12/h4-7H,3,8-9H2,1-2H3/q+1. The van der Waals surface area contributed by atoms with E-state index in [1.807, 2.05) is 0 Å². The molecule has 1 heterocycles. The van der Waals surface area contributed by atoms with Crippen molar-refractivity contribution < 1.29 is 0 Å². The predicted octanol–water partition coefficient (Wildman–Crippen LogP) is 2.20. The Morgan fingerprint density at radius 3 is 2.83 bits per heavy atom. The third kappa shape index (κ3) is 0.969. The van der Waals surface area contributed by atoms with Crippen LogP contribution in [0.4, 0.5) is 5.69 Å². The Labute approximate surface area is 74.2 Å². The molecule has 0 fully saturated rings. The monoisotopic (exact) mass is 162 g/mol. The van der Waals surface area contributed by atoms with E-state index in [9.17, 15) is 0 Å². The molecule has 1 aromatic rings. The van der Waals surface area contributed by atoms with E-state index in [0.717, 1.165) is 4.48 Å². The first-order valence-electron chi connectivity index (χ1n) is 4.69. The largest absolute Gasteiger partial charge is 0.293 e. The SMILES string of the molecule is CC[N+]1(C)CCc2ccccc21. The lowest BCUT2D eigenvalue weighted by atomic mass is 10.2. The highest BCUT2D eigenvalue weighted by Crippen LogP contribution is 2.32. The number of likely N-dealkylation sites (N-methyl/N-ethyl adjacent to an activating group) is 1. The topological polar surface area (TPSA) is 0 Å². The highest BCUT2D eigenvalue weighted by atomic mass is 15.3. The Balaban J connectivity index is 2.49. The zero-order valence-corrected chi connectivity index (χ0v) is 7.88. The average molecular weight is 162 g/mol. The summed E-state index contributed by atoms with van der Waals surface area (Å²) in [5.74, 6) is 0. The van der Waals surface area contributed by atoms with Crippen molar-refractivity contribution in [3.63, 3.8) is 0 Å². The summed E-state index contributed by atoms with van der Waals surface area (Å²) < 4.78 is 1.12. The minimum absolute atomic E-state index is 1.12. The normalized spacial score (nSPS) is 27.2. The molecule has 1 aliphatic heterocycles. The molecule has 1 nitrogen and oxygen atoms in total. The summed E-state index contributed by atoms with van der Waals surface area (Å²) >= 11 is 0. The predicted molar refractivity (Wildman–Crippen MR) is 53.3 cm³/mol. The van der Waals surface area contributed by atoms with Gasteiger partial charge < -0.3 is 0 Å². The second kappa shape index (κ2) is 2.60. The highest BCUT2D eigenvalue weighted by molar-refractivity contribution is 5.53. The molecule has 1 unspecified atom stereocenters. The second-order valence-corrected chi connectivity index (χ2v) is 3.81. The van der Waals surface area contributed by atoms with Crippen LogP contribution in [-0.2, 0) is 6.42 Å². The molecule has 0 amide bonds. The fourth-order valence-electron chi connectivity index (χ4n) is 2.06. The van der Waals surface area contributed by atoms with Gasteiger partial charge >= 0.3 is 0 Å². The maximum Gasteiger partial charge on any atom is 0.136 e. The molecule has 0 saturated carbocycles. The van der Waals surface area contributed by atoms with E-state index in [1.165, 1.54) is 25.2 Å². The molecular weight excluding hydrogens is 146 g/mol. The molecule has 1 aromatic carbocycles. The third-order valence-electron chi connectivity index (χ3n) is 3.15. The van der Waals surface area contributed by atoms with Gasteiger partial charge in [-0.3, -0.25) is 4.48 Å². The molecule has 12 heavy (non-hydrogen) atoms. The summed E-state index contributed by atoms with van der Waals surface area (Å²) in [6, 6.07) is 8.82. The lowest BCUT2D eigenvalue weighted by molar-refractivity contribution is 0.376. The molecule has 0 aliphatic carbocycles. The molecule has 1 heteroatoms. The fourth-order valence-corrected chi connectivity index (χ4v) is 2.06. The van der Waals surface area contributed by atoms with Gasteiger partial charge in [-0.2, -0.15) is 0 Å². The summed E-state index contributed by atoms with van der Waals surface area (Å²) in [6.07, 6.45) is 1.25. The maximum absolute atomic E-state index is 2.33. The maximum atomic E-state index is 2.33. The zero-order valence-electron chi connectivity index (χ0n) is 7.88. The Kier molecular flexibility index (Phi) is 1.69. The Morgan fingerprint density at radius 2 is 2.08 bits per heavy atom. The van der Waals surface area contributed by atoms with Gasteiger partial charge in [0.25, 0.3) is 0 Å². The fraction of sp³-hybridized carbons (Fsp3) is 0.455.